The average Bonchev–Trinajstić information content (AvgIpc) is 2.87. The van der Waals surface area contributed by atoms with Gasteiger partial charge in [-0.05, 0) is 26.3 Å². The normalized spacial score (nSPS) is 12.9. The van der Waals surface area contributed by atoms with Crippen LogP contribution in [-0.4, -0.2) is 4.98 Å². The molecule has 1 atom stereocenters. The number of nitrogens with zero attached hydrogens (tertiary/aromatic N) is 1. The van der Waals surface area contributed by atoms with E-state index in [2.05, 4.69) is 17.3 Å². The van der Waals surface area contributed by atoms with Gasteiger partial charge in [-0.3, -0.25) is 11.3 Å². The van der Waals surface area contributed by atoms with Gasteiger partial charge in [0.15, 0.2) is 0 Å². The van der Waals surface area contributed by atoms with Crippen molar-refractivity contribution in [3.63, 3.8) is 0 Å². The Morgan fingerprint density at radius 3 is 2.65 bits per heavy atom. The van der Waals surface area contributed by atoms with Crippen molar-refractivity contribution < 1.29 is 4.42 Å². The topological polar surface area (TPSA) is 64.1 Å². The predicted octanol–water partition coefficient (Wildman–Crippen LogP) is 2.41. The molecule has 92 valence electrons. The number of hydrogen-bond acceptors (Lipinski definition) is 5. The molecule has 2 rings (SSSR count). The van der Waals surface area contributed by atoms with Gasteiger partial charge in [-0.25, -0.2) is 4.98 Å². The zero-order valence-corrected chi connectivity index (χ0v) is 11.1. The van der Waals surface area contributed by atoms with Gasteiger partial charge in [-0.15, -0.1) is 11.3 Å². The molecule has 0 aromatic carbocycles. The largest absolute Gasteiger partial charge is 0.466 e. The molecule has 17 heavy (non-hydrogen) atoms. The Kier molecular flexibility index (Phi) is 3.61. The molecule has 0 aliphatic heterocycles. The highest BCUT2D eigenvalue weighted by atomic mass is 32.1. The van der Waals surface area contributed by atoms with Crippen LogP contribution in [0.4, 0.5) is 0 Å². The number of rotatable bonds is 4. The third kappa shape index (κ3) is 2.41. The minimum Gasteiger partial charge on any atom is -0.466 e. The van der Waals surface area contributed by atoms with Gasteiger partial charge < -0.3 is 4.42 Å². The molecule has 0 aliphatic rings. The number of aromatic nitrogens is 1. The van der Waals surface area contributed by atoms with Crippen LogP contribution in [0.25, 0.3) is 0 Å². The van der Waals surface area contributed by atoms with Crippen LogP contribution in [0.15, 0.2) is 16.0 Å². The van der Waals surface area contributed by atoms with Gasteiger partial charge in [-0.2, -0.15) is 0 Å². The fraction of sp³-hybridized carbons (Fsp3) is 0.417. The van der Waals surface area contributed by atoms with Crippen LogP contribution in [0.5, 0.6) is 0 Å². The second kappa shape index (κ2) is 5.00. The lowest BCUT2D eigenvalue weighted by molar-refractivity contribution is 0.484. The van der Waals surface area contributed by atoms with E-state index < -0.39 is 0 Å². The van der Waals surface area contributed by atoms with Crippen LogP contribution in [0, 0.1) is 20.8 Å². The summed E-state index contributed by atoms with van der Waals surface area (Å²) in [6.07, 6.45) is 2.60. The Hall–Kier alpha value is -1.17. The van der Waals surface area contributed by atoms with Crippen molar-refractivity contribution in [3.8, 4) is 0 Å². The summed E-state index contributed by atoms with van der Waals surface area (Å²) in [5.74, 6) is 7.54. The molecule has 2 aromatic heterocycles. The maximum atomic E-state index is 5.65. The number of nitrogens with two attached hydrogens (primary N) is 1. The van der Waals surface area contributed by atoms with Crippen LogP contribution in [0.2, 0.25) is 0 Å². The summed E-state index contributed by atoms with van der Waals surface area (Å²) < 4.78 is 5.63. The van der Waals surface area contributed by atoms with Crippen LogP contribution in [-0.2, 0) is 6.42 Å². The Bertz CT molecular complexity index is 490. The fourth-order valence-electron chi connectivity index (χ4n) is 2.09. The van der Waals surface area contributed by atoms with Crippen molar-refractivity contribution in [2.75, 3.05) is 0 Å². The average molecular weight is 251 g/mol. The molecule has 0 aliphatic carbocycles. The van der Waals surface area contributed by atoms with Crippen molar-refractivity contribution in [2.45, 2.75) is 33.2 Å². The minimum absolute atomic E-state index is 0.0543. The van der Waals surface area contributed by atoms with E-state index in [1.165, 1.54) is 5.56 Å². The number of furan rings is 1. The lowest BCUT2D eigenvalue weighted by Crippen LogP contribution is -2.30. The van der Waals surface area contributed by atoms with Crippen molar-refractivity contribution in [2.24, 2.45) is 5.84 Å². The molecule has 0 spiro atoms. The Morgan fingerprint density at radius 2 is 2.18 bits per heavy atom. The van der Waals surface area contributed by atoms with Crippen molar-refractivity contribution in [1.82, 2.24) is 10.4 Å². The summed E-state index contributed by atoms with van der Waals surface area (Å²) in [6.45, 7) is 6.01. The molecule has 2 aromatic rings. The third-order valence-corrected chi connectivity index (χ3v) is 3.83. The highest BCUT2D eigenvalue weighted by Crippen LogP contribution is 2.29. The second-order valence-electron chi connectivity index (χ2n) is 4.10. The molecule has 0 fully saturated rings. The number of hydrazine groups is 1. The molecule has 2 heterocycles. The molecule has 0 bridgehead atoms. The monoisotopic (exact) mass is 251 g/mol. The van der Waals surface area contributed by atoms with E-state index in [0.29, 0.717) is 0 Å². The molecule has 0 saturated carbocycles. The van der Waals surface area contributed by atoms with E-state index in [9.17, 15) is 0 Å². The van der Waals surface area contributed by atoms with E-state index in [-0.39, 0.29) is 6.04 Å². The summed E-state index contributed by atoms with van der Waals surface area (Å²) in [6, 6.07) is 0.0543. The van der Waals surface area contributed by atoms with E-state index in [1.807, 2.05) is 25.4 Å². The lowest BCUT2D eigenvalue weighted by Gasteiger charge is -2.15. The summed E-state index contributed by atoms with van der Waals surface area (Å²) in [5.41, 5.74) is 5.18. The Morgan fingerprint density at radius 1 is 1.41 bits per heavy atom. The number of aryl methyl sites for hydroxylation is 2. The van der Waals surface area contributed by atoms with Gasteiger partial charge in [0, 0.05) is 23.6 Å². The SMILES string of the molecule is Cc1oc(C)c(C(Cc2nccs2)NN)c1C. The quantitative estimate of drug-likeness (QED) is 0.647. The number of thiazole rings is 1. The first-order valence-corrected chi connectivity index (χ1v) is 6.42. The van der Waals surface area contributed by atoms with E-state index in [1.54, 1.807) is 11.3 Å². The van der Waals surface area contributed by atoms with Crippen LogP contribution >= 0.6 is 11.3 Å². The van der Waals surface area contributed by atoms with E-state index in [4.69, 9.17) is 10.3 Å². The molecule has 3 N–H and O–H groups in total. The molecule has 1 unspecified atom stereocenters. The van der Waals surface area contributed by atoms with Crippen LogP contribution in [0.1, 0.15) is 33.7 Å². The number of hydrogen-bond donors (Lipinski definition) is 2. The molecule has 0 amide bonds. The van der Waals surface area contributed by atoms with Crippen molar-refractivity contribution in [1.29, 1.82) is 0 Å². The molecule has 5 heteroatoms. The first-order valence-electron chi connectivity index (χ1n) is 5.54. The Labute approximate surface area is 105 Å². The summed E-state index contributed by atoms with van der Waals surface area (Å²) in [5, 5.41) is 3.05. The standard InChI is InChI=1S/C12H17N3OS/c1-7-8(2)16-9(3)12(7)10(15-13)6-11-14-4-5-17-11/h4-5,10,15H,6,13H2,1-3H3. The highest BCUT2D eigenvalue weighted by molar-refractivity contribution is 7.09. The van der Waals surface area contributed by atoms with Gasteiger partial charge >= 0.3 is 0 Å². The second-order valence-corrected chi connectivity index (χ2v) is 5.08. The van der Waals surface area contributed by atoms with Crippen molar-refractivity contribution >= 4 is 11.3 Å². The molecule has 0 radical (unpaired) electrons. The van der Waals surface area contributed by atoms with Gasteiger partial charge in [0.05, 0.1) is 11.0 Å². The van der Waals surface area contributed by atoms with Crippen molar-refractivity contribution in [3.05, 3.63) is 39.2 Å². The first-order chi connectivity index (χ1) is 8.13. The highest BCUT2D eigenvalue weighted by Gasteiger charge is 2.21. The van der Waals surface area contributed by atoms with Crippen LogP contribution in [0.3, 0.4) is 0 Å². The molecular formula is C12H17N3OS. The van der Waals surface area contributed by atoms with Gasteiger partial charge in [0.2, 0.25) is 0 Å². The smallest absolute Gasteiger partial charge is 0.106 e. The minimum atomic E-state index is 0.0543. The summed E-state index contributed by atoms with van der Waals surface area (Å²) >= 11 is 1.64. The summed E-state index contributed by atoms with van der Waals surface area (Å²) in [7, 11) is 0. The molecule has 4 nitrogen and oxygen atoms in total. The van der Waals surface area contributed by atoms with Crippen LogP contribution < -0.4 is 11.3 Å². The van der Waals surface area contributed by atoms with Gasteiger partial charge in [0.1, 0.15) is 11.5 Å². The van der Waals surface area contributed by atoms with E-state index in [0.717, 1.165) is 28.5 Å². The zero-order valence-electron chi connectivity index (χ0n) is 10.3. The lowest BCUT2D eigenvalue weighted by atomic mass is 10.0. The van der Waals surface area contributed by atoms with Gasteiger partial charge in [0.25, 0.3) is 0 Å². The summed E-state index contributed by atoms with van der Waals surface area (Å²) in [4.78, 5) is 4.29. The first kappa shape index (κ1) is 12.3. The zero-order chi connectivity index (χ0) is 12.4. The molecule has 0 saturated heterocycles. The van der Waals surface area contributed by atoms with E-state index >= 15 is 0 Å². The maximum absolute atomic E-state index is 5.65. The number of nitrogens with one attached hydrogen (secondary N) is 1. The third-order valence-electron chi connectivity index (χ3n) is 3.03. The fourth-order valence-corrected chi connectivity index (χ4v) is 2.76. The molecular weight excluding hydrogens is 234 g/mol. The maximum Gasteiger partial charge on any atom is 0.106 e. The predicted molar refractivity (Wildman–Crippen MR) is 68.8 cm³/mol. The van der Waals surface area contributed by atoms with Gasteiger partial charge in [-0.1, -0.05) is 0 Å². The Balaban J connectivity index is 2.29.